The van der Waals surface area contributed by atoms with Crippen LogP contribution in [-0.2, 0) is 15.6 Å². The van der Waals surface area contributed by atoms with Crippen LogP contribution in [0, 0.1) is 6.92 Å². The van der Waals surface area contributed by atoms with Gasteiger partial charge in [-0.25, -0.2) is 8.42 Å². The third kappa shape index (κ3) is 4.84. The molecule has 0 saturated carbocycles. The number of rotatable bonds is 5. The van der Waals surface area contributed by atoms with Gasteiger partial charge in [0.15, 0.2) is 9.84 Å². The highest BCUT2D eigenvalue weighted by molar-refractivity contribution is 9.10. The largest absolute Gasteiger partial charge is 0.322 e. The average Bonchev–Trinajstić information content (AvgIpc) is 2.65. The smallest absolute Gasteiger partial charge is 0.255 e. The molecule has 1 amide bonds. The maximum atomic E-state index is 12.5. The number of nitrogens with one attached hydrogen (secondary N) is 1. The number of benzene rings is 3. The number of hydrogen-bond donors (Lipinski definition) is 1. The minimum absolute atomic E-state index is 0.157. The van der Waals surface area contributed by atoms with Crippen LogP contribution in [-0.4, -0.2) is 14.3 Å². The molecule has 0 unspecified atom stereocenters. The van der Waals surface area contributed by atoms with Crippen LogP contribution in [0.15, 0.2) is 82.2 Å². The van der Waals surface area contributed by atoms with Crippen molar-refractivity contribution in [3.05, 3.63) is 94.0 Å². The number of amides is 1. The Hall–Kier alpha value is -2.44. The quantitative estimate of drug-likeness (QED) is 0.604. The molecule has 0 fully saturated rings. The standard InChI is InChI=1S/C21H18BrNO3S/c1-15-12-18(10-11-20(15)22)23-21(24)17-7-5-6-16(13-17)14-27(25,26)19-8-3-2-4-9-19/h2-13H,14H2,1H3,(H,23,24). The van der Waals surface area contributed by atoms with Crippen molar-refractivity contribution in [1.29, 1.82) is 0 Å². The molecule has 27 heavy (non-hydrogen) atoms. The average molecular weight is 444 g/mol. The van der Waals surface area contributed by atoms with E-state index in [1.807, 2.05) is 19.1 Å². The van der Waals surface area contributed by atoms with Gasteiger partial charge >= 0.3 is 0 Å². The maximum Gasteiger partial charge on any atom is 0.255 e. The van der Waals surface area contributed by atoms with E-state index < -0.39 is 9.84 Å². The summed E-state index contributed by atoms with van der Waals surface area (Å²) < 4.78 is 26.0. The highest BCUT2D eigenvalue weighted by atomic mass is 79.9. The number of halogens is 1. The second-order valence-corrected chi connectivity index (χ2v) is 9.03. The lowest BCUT2D eigenvalue weighted by Gasteiger charge is -2.09. The van der Waals surface area contributed by atoms with Crippen LogP contribution in [0.1, 0.15) is 21.5 Å². The Balaban J connectivity index is 1.79. The van der Waals surface area contributed by atoms with Crippen molar-refractivity contribution in [2.24, 2.45) is 0 Å². The number of sulfone groups is 1. The molecule has 0 aliphatic heterocycles. The summed E-state index contributed by atoms with van der Waals surface area (Å²) in [6, 6.07) is 20.5. The van der Waals surface area contributed by atoms with Gasteiger partial charge < -0.3 is 5.32 Å². The molecular formula is C21H18BrNO3S. The molecule has 3 rings (SSSR count). The second kappa shape index (κ2) is 8.06. The first kappa shape index (κ1) is 19.3. The van der Waals surface area contributed by atoms with E-state index in [9.17, 15) is 13.2 Å². The molecule has 0 heterocycles. The molecule has 1 N–H and O–H groups in total. The zero-order valence-corrected chi connectivity index (χ0v) is 17.0. The molecular weight excluding hydrogens is 426 g/mol. The van der Waals surface area contributed by atoms with Crippen LogP contribution in [0.5, 0.6) is 0 Å². The van der Waals surface area contributed by atoms with Crippen LogP contribution in [0.25, 0.3) is 0 Å². The van der Waals surface area contributed by atoms with Crippen molar-refractivity contribution >= 4 is 37.4 Å². The van der Waals surface area contributed by atoms with E-state index >= 15 is 0 Å². The molecule has 6 heteroatoms. The fourth-order valence-electron chi connectivity index (χ4n) is 2.66. The first-order chi connectivity index (χ1) is 12.8. The van der Waals surface area contributed by atoms with E-state index in [4.69, 9.17) is 0 Å². The minimum Gasteiger partial charge on any atom is -0.322 e. The van der Waals surface area contributed by atoms with Gasteiger partial charge in [-0.3, -0.25) is 4.79 Å². The van der Waals surface area contributed by atoms with E-state index in [2.05, 4.69) is 21.2 Å². The SMILES string of the molecule is Cc1cc(NC(=O)c2cccc(CS(=O)(=O)c3ccccc3)c2)ccc1Br. The van der Waals surface area contributed by atoms with Gasteiger partial charge in [0.25, 0.3) is 5.91 Å². The highest BCUT2D eigenvalue weighted by Gasteiger charge is 2.16. The van der Waals surface area contributed by atoms with E-state index in [-0.39, 0.29) is 16.6 Å². The summed E-state index contributed by atoms with van der Waals surface area (Å²) in [4.78, 5) is 12.8. The van der Waals surface area contributed by atoms with E-state index in [1.54, 1.807) is 60.7 Å². The number of aryl methyl sites for hydroxylation is 1. The Morgan fingerprint density at radius 2 is 1.70 bits per heavy atom. The molecule has 3 aromatic rings. The highest BCUT2D eigenvalue weighted by Crippen LogP contribution is 2.21. The Kier molecular flexibility index (Phi) is 5.77. The lowest BCUT2D eigenvalue weighted by atomic mass is 10.1. The Morgan fingerprint density at radius 1 is 0.963 bits per heavy atom. The molecule has 3 aromatic carbocycles. The molecule has 138 valence electrons. The summed E-state index contributed by atoms with van der Waals surface area (Å²) in [5.74, 6) is -0.439. The van der Waals surface area contributed by atoms with E-state index in [0.717, 1.165) is 10.0 Å². The first-order valence-corrected chi connectivity index (χ1v) is 10.7. The third-order valence-corrected chi connectivity index (χ3v) is 6.66. The fourth-order valence-corrected chi connectivity index (χ4v) is 4.26. The van der Waals surface area contributed by atoms with Crippen LogP contribution in [0.2, 0.25) is 0 Å². The van der Waals surface area contributed by atoms with Crippen molar-refractivity contribution in [3.8, 4) is 0 Å². The molecule has 0 radical (unpaired) electrons. The topological polar surface area (TPSA) is 63.2 Å². The Morgan fingerprint density at radius 3 is 2.41 bits per heavy atom. The monoisotopic (exact) mass is 443 g/mol. The fraction of sp³-hybridized carbons (Fsp3) is 0.0952. The summed E-state index contributed by atoms with van der Waals surface area (Å²) in [7, 11) is -3.46. The maximum absolute atomic E-state index is 12.5. The molecule has 0 aliphatic carbocycles. The summed E-state index contributed by atoms with van der Waals surface area (Å²) in [6.07, 6.45) is 0. The van der Waals surface area contributed by atoms with Crippen molar-refractivity contribution in [3.63, 3.8) is 0 Å². The second-order valence-electron chi connectivity index (χ2n) is 6.19. The Labute approximate surface area is 167 Å². The molecule has 4 nitrogen and oxygen atoms in total. The van der Waals surface area contributed by atoms with Gasteiger partial charge in [0.1, 0.15) is 0 Å². The summed E-state index contributed by atoms with van der Waals surface area (Å²) in [5.41, 5.74) is 2.67. The predicted molar refractivity (Wildman–Crippen MR) is 111 cm³/mol. The van der Waals surface area contributed by atoms with E-state index in [0.29, 0.717) is 16.8 Å². The zero-order valence-electron chi connectivity index (χ0n) is 14.6. The lowest BCUT2D eigenvalue weighted by molar-refractivity contribution is 0.102. The van der Waals surface area contributed by atoms with Crippen LogP contribution in [0.4, 0.5) is 5.69 Å². The molecule has 0 atom stereocenters. The Bertz CT molecular complexity index is 1080. The summed E-state index contributed by atoms with van der Waals surface area (Å²) in [5, 5.41) is 2.84. The third-order valence-electron chi connectivity index (χ3n) is 4.06. The predicted octanol–water partition coefficient (Wildman–Crippen LogP) is 4.98. The van der Waals surface area contributed by atoms with Gasteiger partial charge in [0, 0.05) is 15.7 Å². The molecule has 0 bridgehead atoms. The lowest BCUT2D eigenvalue weighted by Crippen LogP contribution is -2.13. The van der Waals surface area contributed by atoms with Crippen molar-refractivity contribution in [2.45, 2.75) is 17.6 Å². The minimum atomic E-state index is -3.46. The van der Waals surface area contributed by atoms with Crippen molar-refractivity contribution in [1.82, 2.24) is 0 Å². The summed E-state index contributed by atoms with van der Waals surface area (Å²) in [6.45, 7) is 1.94. The van der Waals surface area contributed by atoms with Gasteiger partial charge in [-0.1, -0.05) is 46.3 Å². The molecule has 0 aromatic heterocycles. The number of hydrogen-bond acceptors (Lipinski definition) is 3. The van der Waals surface area contributed by atoms with Gasteiger partial charge in [0.05, 0.1) is 10.6 Å². The van der Waals surface area contributed by atoms with Gasteiger partial charge in [-0.15, -0.1) is 0 Å². The molecule has 0 aliphatic rings. The first-order valence-electron chi connectivity index (χ1n) is 8.29. The van der Waals surface area contributed by atoms with Gasteiger partial charge in [-0.2, -0.15) is 0 Å². The normalized spacial score (nSPS) is 11.2. The number of anilines is 1. The van der Waals surface area contributed by atoms with Crippen molar-refractivity contribution < 1.29 is 13.2 Å². The zero-order chi connectivity index (χ0) is 19.4. The van der Waals surface area contributed by atoms with Crippen LogP contribution >= 0.6 is 15.9 Å². The summed E-state index contributed by atoms with van der Waals surface area (Å²) >= 11 is 3.43. The van der Waals surface area contributed by atoms with Gasteiger partial charge in [0.2, 0.25) is 0 Å². The molecule has 0 spiro atoms. The van der Waals surface area contributed by atoms with Crippen LogP contribution in [0.3, 0.4) is 0 Å². The molecule has 0 saturated heterocycles. The van der Waals surface area contributed by atoms with Gasteiger partial charge in [-0.05, 0) is 60.5 Å². The number of carbonyl (C=O) groups excluding carboxylic acids is 1. The van der Waals surface area contributed by atoms with Crippen LogP contribution < -0.4 is 5.32 Å². The van der Waals surface area contributed by atoms with Crippen molar-refractivity contribution in [2.75, 3.05) is 5.32 Å². The number of carbonyl (C=O) groups is 1. The van der Waals surface area contributed by atoms with E-state index in [1.165, 1.54) is 0 Å².